The lowest BCUT2D eigenvalue weighted by Gasteiger charge is -2.42. The maximum atomic E-state index is 14.1. The van der Waals surface area contributed by atoms with Crippen molar-refractivity contribution >= 4 is 22.9 Å². The van der Waals surface area contributed by atoms with Gasteiger partial charge in [0.15, 0.2) is 11.5 Å². The molecule has 0 spiro atoms. The van der Waals surface area contributed by atoms with Gasteiger partial charge in [0.05, 0.1) is 5.69 Å². The number of likely N-dealkylation sites (N-methyl/N-ethyl adjacent to an activating group) is 1. The van der Waals surface area contributed by atoms with Crippen LogP contribution in [-0.4, -0.2) is 91.1 Å². The summed E-state index contributed by atoms with van der Waals surface area (Å²) in [6, 6.07) is 18.6. The van der Waals surface area contributed by atoms with Crippen molar-refractivity contribution in [3.8, 4) is 23.3 Å². The predicted octanol–water partition coefficient (Wildman–Crippen LogP) is 3.99. The van der Waals surface area contributed by atoms with Crippen molar-refractivity contribution in [3.05, 3.63) is 83.1 Å². The summed E-state index contributed by atoms with van der Waals surface area (Å²) in [7, 11) is 0. The number of nitrogen functional groups attached to an aromatic ring is 1. The van der Waals surface area contributed by atoms with Crippen molar-refractivity contribution in [1.29, 1.82) is 5.26 Å². The van der Waals surface area contributed by atoms with Gasteiger partial charge in [-0.25, -0.2) is 14.8 Å². The van der Waals surface area contributed by atoms with Gasteiger partial charge in [-0.1, -0.05) is 25.1 Å². The van der Waals surface area contributed by atoms with E-state index in [4.69, 9.17) is 10.5 Å². The number of aromatic nitrogens is 4. The fourth-order valence-electron chi connectivity index (χ4n) is 6.65. The van der Waals surface area contributed by atoms with Gasteiger partial charge in [0.25, 0.3) is 5.91 Å². The zero-order valence-corrected chi connectivity index (χ0v) is 27.2. The lowest BCUT2D eigenvalue weighted by molar-refractivity contribution is -0.128. The topological polar surface area (TPSA) is 139 Å². The number of ether oxygens (including phenoxy) is 1. The molecule has 6 rings (SSSR count). The number of amides is 1. The number of rotatable bonds is 8. The second-order valence-corrected chi connectivity index (χ2v) is 12.6. The Morgan fingerprint density at radius 2 is 1.66 bits per heavy atom. The van der Waals surface area contributed by atoms with Crippen LogP contribution >= 0.6 is 0 Å². The van der Waals surface area contributed by atoms with Crippen molar-refractivity contribution < 1.29 is 9.53 Å². The second-order valence-electron chi connectivity index (χ2n) is 12.6. The number of carbonyl (C=O) groups excluding carboxylic acids is 1. The number of hydrogen-bond acceptors (Lipinski definition) is 9. The van der Waals surface area contributed by atoms with Crippen molar-refractivity contribution in [2.75, 3.05) is 51.5 Å². The van der Waals surface area contributed by atoms with Crippen molar-refractivity contribution in [1.82, 2.24) is 33.8 Å². The number of carbonyl (C=O) groups is 1. The van der Waals surface area contributed by atoms with Gasteiger partial charge >= 0.3 is 5.69 Å². The Balaban J connectivity index is 1.20. The molecule has 2 fully saturated rings. The van der Waals surface area contributed by atoms with Gasteiger partial charge in [0, 0.05) is 50.8 Å². The number of hydrogen-bond donors (Lipinski definition) is 1. The average Bonchev–Trinajstić information content (AvgIpc) is 3.40. The number of nitrogens with zero attached hydrogens (tertiary/aromatic N) is 8. The van der Waals surface area contributed by atoms with Crippen LogP contribution in [0.4, 0.5) is 5.82 Å². The number of imidazole rings is 1. The number of benzene rings is 2. The number of nitriles is 1. The molecule has 0 atom stereocenters. The molecule has 0 bridgehead atoms. The van der Waals surface area contributed by atoms with Crippen LogP contribution in [0.15, 0.2) is 77.4 Å². The quantitative estimate of drug-likeness (QED) is 0.225. The SMILES string of the molecule is CCN1CCN(C(C)(C)C=C(C#N)C(=O)N2CCC(n3c(=O)n(-c4ccc(Oc5ccccc5)cc4)c4c(N)ncnc43)CC2)CC1. The third-order valence-electron chi connectivity index (χ3n) is 9.35. The van der Waals surface area contributed by atoms with E-state index in [1.54, 1.807) is 33.7 Å². The maximum absolute atomic E-state index is 14.1. The normalized spacial score (nSPS) is 17.1. The summed E-state index contributed by atoms with van der Waals surface area (Å²) < 4.78 is 9.13. The summed E-state index contributed by atoms with van der Waals surface area (Å²) in [6.45, 7) is 11.8. The molecule has 4 aromatic rings. The summed E-state index contributed by atoms with van der Waals surface area (Å²) in [5, 5.41) is 10.0. The first-order valence-corrected chi connectivity index (χ1v) is 16.2. The largest absolute Gasteiger partial charge is 0.457 e. The van der Waals surface area contributed by atoms with Crippen molar-refractivity contribution in [3.63, 3.8) is 0 Å². The molecule has 47 heavy (non-hydrogen) atoms. The molecule has 244 valence electrons. The fraction of sp³-hybridized carbons (Fsp3) is 0.400. The van der Waals surface area contributed by atoms with Crippen LogP contribution in [-0.2, 0) is 4.79 Å². The molecule has 0 saturated carbocycles. The number of anilines is 1. The average molecular weight is 636 g/mol. The molecule has 0 radical (unpaired) electrons. The molecule has 12 heteroatoms. The van der Waals surface area contributed by atoms with Gasteiger partial charge in [0.2, 0.25) is 0 Å². The summed E-state index contributed by atoms with van der Waals surface area (Å²) in [5.74, 6) is 1.27. The molecule has 2 aliphatic rings. The van der Waals surface area contributed by atoms with E-state index in [2.05, 4.69) is 46.6 Å². The maximum Gasteiger partial charge on any atom is 0.335 e. The van der Waals surface area contributed by atoms with Crippen molar-refractivity contribution in [2.45, 2.75) is 45.2 Å². The summed E-state index contributed by atoms with van der Waals surface area (Å²) in [5.41, 5.74) is 7.25. The van der Waals surface area contributed by atoms with E-state index in [-0.39, 0.29) is 29.0 Å². The first kappa shape index (κ1) is 32.0. The Hall–Kier alpha value is -4.99. The monoisotopic (exact) mass is 635 g/mol. The van der Waals surface area contributed by atoms with Crippen LogP contribution in [0.5, 0.6) is 11.5 Å². The molecule has 4 heterocycles. The highest BCUT2D eigenvalue weighted by atomic mass is 16.5. The van der Waals surface area contributed by atoms with E-state index in [1.165, 1.54) is 10.9 Å². The number of piperidine rings is 1. The first-order valence-electron chi connectivity index (χ1n) is 16.2. The van der Waals surface area contributed by atoms with Gasteiger partial charge in [0.1, 0.15) is 35.0 Å². The van der Waals surface area contributed by atoms with Crippen LogP contribution in [0.25, 0.3) is 16.9 Å². The molecule has 0 aliphatic carbocycles. The minimum atomic E-state index is -0.431. The molecule has 0 unspecified atom stereocenters. The molecule has 1 amide bonds. The van der Waals surface area contributed by atoms with Gasteiger partial charge in [-0.15, -0.1) is 0 Å². The molecule has 2 aromatic heterocycles. The van der Waals surface area contributed by atoms with E-state index in [0.29, 0.717) is 54.3 Å². The van der Waals surface area contributed by atoms with E-state index in [9.17, 15) is 14.9 Å². The van der Waals surface area contributed by atoms with E-state index < -0.39 is 5.54 Å². The van der Waals surface area contributed by atoms with E-state index in [0.717, 1.165) is 32.7 Å². The Labute approximate surface area is 274 Å². The smallest absolute Gasteiger partial charge is 0.335 e. The Morgan fingerprint density at radius 3 is 2.30 bits per heavy atom. The standard InChI is InChI=1S/C35H41N9O3/c1-4-40-18-20-42(21-19-40)35(2,3)22-25(23-36)33(45)41-16-14-27(15-17-41)44-32-30(31(37)38-24-39-32)43(34(44)46)26-10-12-29(13-11-26)47-28-8-6-5-7-9-28/h5-13,22,24,27H,4,14-21H2,1-3H3,(H2,37,38,39). The van der Waals surface area contributed by atoms with Gasteiger partial charge in [-0.2, -0.15) is 5.26 Å². The second kappa shape index (κ2) is 13.4. The lowest BCUT2D eigenvalue weighted by Crippen LogP contribution is -2.54. The van der Waals surface area contributed by atoms with Crippen LogP contribution in [0, 0.1) is 11.3 Å². The minimum absolute atomic E-state index is 0.153. The number of likely N-dealkylation sites (tertiary alicyclic amines) is 1. The highest BCUT2D eigenvalue weighted by Gasteiger charge is 2.33. The molecule has 2 N–H and O–H groups in total. The van der Waals surface area contributed by atoms with Gasteiger partial charge < -0.3 is 20.3 Å². The van der Waals surface area contributed by atoms with Gasteiger partial charge in [-0.05, 0) is 75.7 Å². The molecule has 12 nitrogen and oxygen atoms in total. The van der Waals surface area contributed by atoms with Gasteiger partial charge in [-0.3, -0.25) is 18.8 Å². The van der Waals surface area contributed by atoms with E-state index >= 15 is 0 Å². The highest BCUT2D eigenvalue weighted by Crippen LogP contribution is 2.30. The van der Waals surface area contributed by atoms with Crippen LogP contribution < -0.4 is 16.2 Å². The number of piperazine rings is 1. The summed E-state index contributed by atoms with van der Waals surface area (Å²) >= 11 is 0. The number of fused-ring (bicyclic) bond motifs is 1. The Bertz CT molecular complexity index is 1860. The van der Waals surface area contributed by atoms with Crippen molar-refractivity contribution in [2.24, 2.45) is 0 Å². The summed E-state index contributed by atoms with van der Waals surface area (Å²) in [4.78, 5) is 42.7. The molecule has 2 saturated heterocycles. The zero-order chi connectivity index (χ0) is 33.1. The molecule has 2 aliphatic heterocycles. The first-order chi connectivity index (χ1) is 22.7. The number of nitrogens with two attached hydrogens (primary N) is 1. The lowest BCUT2D eigenvalue weighted by atomic mass is 9.96. The molecule has 2 aromatic carbocycles. The third kappa shape index (κ3) is 6.50. The van der Waals surface area contributed by atoms with Crippen LogP contribution in [0.2, 0.25) is 0 Å². The highest BCUT2D eigenvalue weighted by molar-refractivity contribution is 5.97. The van der Waals surface area contributed by atoms with E-state index in [1.807, 2.05) is 36.4 Å². The summed E-state index contributed by atoms with van der Waals surface area (Å²) in [6.07, 6.45) is 4.23. The number of para-hydroxylation sites is 1. The third-order valence-corrected chi connectivity index (χ3v) is 9.35. The van der Waals surface area contributed by atoms with Crippen LogP contribution in [0.1, 0.15) is 39.7 Å². The predicted molar refractivity (Wildman–Crippen MR) is 180 cm³/mol. The molecular formula is C35H41N9O3. The Kier molecular flexibility index (Phi) is 9.11. The molecular weight excluding hydrogens is 594 g/mol. The fourth-order valence-corrected chi connectivity index (χ4v) is 6.65. The zero-order valence-electron chi connectivity index (χ0n) is 27.2. The van der Waals surface area contributed by atoms with Crippen LogP contribution in [0.3, 0.4) is 0 Å². The Morgan fingerprint density at radius 1 is 1.00 bits per heavy atom. The minimum Gasteiger partial charge on any atom is -0.457 e.